The van der Waals surface area contributed by atoms with Gasteiger partial charge in [-0.3, -0.25) is 0 Å². The summed E-state index contributed by atoms with van der Waals surface area (Å²) in [5.74, 6) is 1.44. The minimum atomic E-state index is -0.296. The van der Waals surface area contributed by atoms with Gasteiger partial charge in [-0.05, 0) is 23.9 Å². The molecule has 0 amide bonds. The summed E-state index contributed by atoms with van der Waals surface area (Å²) < 4.78 is 19.3. The van der Waals surface area contributed by atoms with Crippen LogP contribution in [0.5, 0.6) is 0 Å². The molecule has 1 unspecified atom stereocenters. The number of hydrogen-bond acceptors (Lipinski definition) is 3. The van der Waals surface area contributed by atoms with Crippen molar-refractivity contribution >= 4 is 22.7 Å². The first-order chi connectivity index (χ1) is 9.11. The zero-order valence-corrected chi connectivity index (χ0v) is 12.4. The smallest absolute Gasteiger partial charge is 0.169 e. The van der Waals surface area contributed by atoms with Crippen LogP contribution in [0.2, 0.25) is 0 Å². The van der Waals surface area contributed by atoms with Crippen molar-refractivity contribution in [3.8, 4) is 0 Å². The molecule has 2 aromatic rings. The van der Waals surface area contributed by atoms with Crippen LogP contribution in [0.25, 0.3) is 11.0 Å². The van der Waals surface area contributed by atoms with Gasteiger partial charge in [0.15, 0.2) is 11.4 Å². The average Bonchev–Trinajstić information content (AvgIpc) is 2.79. The topological polar surface area (TPSA) is 25.2 Å². The van der Waals surface area contributed by atoms with Crippen molar-refractivity contribution in [1.82, 2.24) is 5.32 Å². The zero-order chi connectivity index (χ0) is 13.8. The van der Waals surface area contributed by atoms with E-state index in [1.54, 1.807) is 6.07 Å². The van der Waals surface area contributed by atoms with Gasteiger partial charge in [0.2, 0.25) is 0 Å². The predicted molar refractivity (Wildman–Crippen MR) is 80.2 cm³/mol. The maximum absolute atomic E-state index is 13.6. The molecule has 104 valence electrons. The van der Waals surface area contributed by atoms with E-state index < -0.39 is 0 Å². The van der Waals surface area contributed by atoms with Gasteiger partial charge in [0.25, 0.3) is 0 Å². The minimum absolute atomic E-state index is 0.129. The Balaban J connectivity index is 2.25. The lowest BCUT2D eigenvalue weighted by molar-refractivity contribution is 0.453. The van der Waals surface area contributed by atoms with E-state index in [1.165, 1.54) is 6.07 Å². The molecular formula is C15H20FNOS. The Bertz CT molecular complexity index is 538. The van der Waals surface area contributed by atoms with Crippen molar-refractivity contribution < 1.29 is 8.81 Å². The van der Waals surface area contributed by atoms with Crippen LogP contribution in [-0.2, 0) is 0 Å². The number of furan rings is 1. The summed E-state index contributed by atoms with van der Waals surface area (Å²) >= 11 is 1.87. The normalized spacial score (nSPS) is 13.3. The molecule has 1 heterocycles. The quantitative estimate of drug-likeness (QED) is 0.851. The van der Waals surface area contributed by atoms with Crippen molar-refractivity contribution in [2.24, 2.45) is 0 Å². The van der Waals surface area contributed by atoms with Gasteiger partial charge in [0.05, 0.1) is 6.04 Å². The molecule has 0 aliphatic carbocycles. The number of nitrogens with one attached hydrogen (secondary N) is 1. The lowest BCUT2D eigenvalue weighted by atomic mass is 10.2. The van der Waals surface area contributed by atoms with Crippen LogP contribution in [0.15, 0.2) is 28.7 Å². The molecule has 19 heavy (non-hydrogen) atoms. The number of hydrogen-bond donors (Lipinski definition) is 1. The number of rotatable bonds is 6. The van der Waals surface area contributed by atoms with Gasteiger partial charge in [-0.1, -0.05) is 32.9 Å². The Morgan fingerprint density at radius 1 is 1.37 bits per heavy atom. The molecule has 2 nitrogen and oxygen atoms in total. The van der Waals surface area contributed by atoms with E-state index in [-0.39, 0.29) is 11.9 Å². The Hall–Kier alpha value is -1.00. The second kappa shape index (κ2) is 6.44. The fourth-order valence-electron chi connectivity index (χ4n) is 2.00. The summed E-state index contributed by atoms with van der Waals surface area (Å²) in [6.45, 7) is 7.27. The van der Waals surface area contributed by atoms with Gasteiger partial charge in [-0.25, -0.2) is 4.39 Å². The Kier molecular flexibility index (Phi) is 4.88. The van der Waals surface area contributed by atoms with Crippen LogP contribution < -0.4 is 5.32 Å². The Labute approximate surface area is 117 Å². The first-order valence-electron chi connectivity index (χ1n) is 6.64. The van der Waals surface area contributed by atoms with Crippen LogP contribution in [0.1, 0.15) is 32.6 Å². The Morgan fingerprint density at radius 3 is 2.79 bits per heavy atom. The maximum Gasteiger partial charge on any atom is 0.169 e. The highest BCUT2D eigenvalue weighted by Crippen LogP contribution is 2.28. The standard InChI is InChI=1S/C15H20FNOS/c1-4-17-13(9-19-10(2)3)14-8-11-6-5-7-12(16)15(11)18-14/h5-8,10,13,17H,4,9H2,1-3H3. The number of para-hydroxylation sites is 1. The van der Waals surface area contributed by atoms with Crippen LogP contribution in [0.4, 0.5) is 4.39 Å². The van der Waals surface area contributed by atoms with Crippen molar-refractivity contribution in [3.63, 3.8) is 0 Å². The van der Waals surface area contributed by atoms with Crippen LogP contribution in [-0.4, -0.2) is 17.5 Å². The second-order valence-corrected chi connectivity index (χ2v) is 6.41. The van der Waals surface area contributed by atoms with Crippen molar-refractivity contribution in [3.05, 3.63) is 35.8 Å². The summed E-state index contributed by atoms with van der Waals surface area (Å²) in [4.78, 5) is 0. The second-order valence-electron chi connectivity index (χ2n) is 4.80. The monoisotopic (exact) mass is 281 g/mol. The van der Waals surface area contributed by atoms with Gasteiger partial charge >= 0.3 is 0 Å². The number of halogens is 1. The fraction of sp³-hybridized carbons (Fsp3) is 0.467. The first kappa shape index (κ1) is 14.4. The van der Waals surface area contributed by atoms with E-state index in [0.29, 0.717) is 10.8 Å². The largest absolute Gasteiger partial charge is 0.456 e. The SMILES string of the molecule is CCNC(CSC(C)C)c1cc2cccc(F)c2o1. The molecule has 1 aromatic carbocycles. The molecule has 1 N–H and O–H groups in total. The highest BCUT2D eigenvalue weighted by atomic mass is 32.2. The third-order valence-electron chi connectivity index (χ3n) is 2.91. The van der Waals surface area contributed by atoms with Crippen molar-refractivity contribution in [1.29, 1.82) is 0 Å². The third-order valence-corrected chi connectivity index (χ3v) is 4.10. The molecule has 0 aliphatic rings. The molecule has 4 heteroatoms. The van der Waals surface area contributed by atoms with Crippen LogP contribution >= 0.6 is 11.8 Å². The summed E-state index contributed by atoms with van der Waals surface area (Å²) in [7, 11) is 0. The lowest BCUT2D eigenvalue weighted by Gasteiger charge is -2.16. The summed E-state index contributed by atoms with van der Waals surface area (Å²) in [5.41, 5.74) is 0.356. The van der Waals surface area contributed by atoms with Crippen LogP contribution in [0.3, 0.4) is 0 Å². The average molecular weight is 281 g/mol. The minimum Gasteiger partial charge on any atom is -0.456 e. The van der Waals surface area contributed by atoms with Gasteiger partial charge < -0.3 is 9.73 Å². The van der Waals surface area contributed by atoms with E-state index in [1.807, 2.05) is 23.9 Å². The highest BCUT2D eigenvalue weighted by Gasteiger charge is 2.17. The predicted octanol–water partition coefficient (Wildman–Crippen LogP) is 4.36. The molecule has 0 radical (unpaired) electrons. The molecule has 0 saturated heterocycles. The summed E-state index contributed by atoms with van der Waals surface area (Å²) in [6, 6.07) is 7.09. The number of thioether (sulfide) groups is 1. The summed E-state index contributed by atoms with van der Waals surface area (Å²) in [6.07, 6.45) is 0. The molecule has 0 saturated carbocycles. The lowest BCUT2D eigenvalue weighted by Crippen LogP contribution is -2.23. The summed E-state index contributed by atoms with van der Waals surface area (Å²) in [5, 5.41) is 4.80. The van der Waals surface area contributed by atoms with E-state index in [2.05, 4.69) is 26.1 Å². The molecular weight excluding hydrogens is 261 g/mol. The van der Waals surface area contributed by atoms with E-state index in [4.69, 9.17) is 4.42 Å². The molecule has 0 aliphatic heterocycles. The molecule has 0 bridgehead atoms. The fourth-order valence-corrected chi connectivity index (χ4v) is 2.86. The zero-order valence-electron chi connectivity index (χ0n) is 11.6. The highest BCUT2D eigenvalue weighted by molar-refractivity contribution is 7.99. The van der Waals surface area contributed by atoms with Gasteiger partial charge in [-0.2, -0.15) is 11.8 Å². The van der Waals surface area contributed by atoms with Gasteiger partial charge in [0, 0.05) is 11.1 Å². The molecule has 0 spiro atoms. The molecule has 2 rings (SSSR count). The number of fused-ring (bicyclic) bond motifs is 1. The van der Waals surface area contributed by atoms with Gasteiger partial charge in [0.1, 0.15) is 5.76 Å². The van der Waals surface area contributed by atoms with Crippen molar-refractivity contribution in [2.45, 2.75) is 32.1 Å². The third kappa shape index (κ3) is 3.51. The van der Waals surface area contributed by atoms with Crippen molar-refractivity contribution in [2.75, 3.05) is 12.3 Å². The maximum atomic E-state index is 13.6. The first-order valence-corrected chi connectivity index (χ1v) is 7.69. The number of benzene rings is 1. The molecule has 0 fully saturated rings. The Morgan fingerprint density at radius 2 is 2.16 bits per heavy atom. The van der Waals surface area contributed by atoms with Gasteiger partial charge in [-0.15, -0.1) is 0 Å². The van der Waals surface area contributed by atoms with E-state index >= 15 is 0 Å². The van der Waals surface area contributed by atoms with Crippen LogP contribution in [0, 0.1) is 5.82 Å². The van der Waals surface area contributed by atoms with E-state index in [0.717, 1.165) is 23.4 Å². The molecule has 1 atom stereocenters. The molecule has 1 aromatic heterocycles. The van der Waals surface area contributed by atoms with E-state index in [9.17, 15) is 4.39 Å².